The third kappa shape index (κ3) is 5.03. The number of hydrogen-bond donors (Lipinski definition) is 1. The summed E-state index contributed by atoms with van der Waals surface area (Å²) in [7, 11) is 5.73. The molecule has 0 aliphatic carbocycles. The van der Waals surface area contributed by atoms with Crippen LogP contribution in [0.25, 0.3) is 33.3 Å². The number of ether oxygens (including phenoxy) is 1. The highest BCUT2D eigenvalue weighted by Gasteiger charge is 2.39. The monoisotopic (exact) mass is 499 g/mol. The molecule has 0 unspecified atom stereocenters. The van der Waals surface area contributed by atoms with Gasteiger partial charge in [0.15, 0.2) is 5.82 Å². The Balaban J connectivity index is 1.52. The second-order valence-corrected chi connectivity index (χ2v) is 11.6. The number of anilines is 1. The normalized spacial score (nSPS) is 17.2. The minimum absolute atomic E-state index is 0.0604. The minimum atomic E-state index is 0.0604. The molecule has 4 aromatic rings. The van der Waals surface area contributed by atoms with Crippen molar-refractivity contribution in [2.24, 2.45) is 7.05 Å². The zero-order chi connectivity index (χ0) is 26.5. The van der Waals surface area contributed by atoms with E-state index >= 15 is 0 Å². The Morgan fingerprint density at radius 3 is 2.35 bits per heavy atom. The standard InChI is InChI=1S/C29H37N7O/c1-18-11-21(19-16-30-35(6)17-19)22-12-23(26(37-8)13-25(22)31-18)24-9-10-27(33-32-24)36(7)20-14-28(2,3)34-29(4,5)15-20/h9-13,16-17,20,34H,14-15H2,1-8H3. The van der Waals surface area contributed by atoms with E-state index in [-0.39, 0.29) is 11.1 Å². The predicted molar refractivity (Wildman–Crippen MR) is 149 cm³/mol. The smallest absolute Gasteiger partial charge is 0.151 e. The molecule has 1 aliphatic heterocycles. The van der Waals surface area contributed by atoms with E-state index in [0.29, 0.717) is 6.04 Å². The molecule has 1 N–H and O–H groups in total. The Bertz CT molecular complexity index is 1420. The summed E-state index contributed by atoms with van der Waals surface area (Å²) in [6.45, 7) is 11.1. The number of methoxy groups -OCH3 is 1. The summed E-state index contributed by atoms with van der Waals surface area (Å²) in [6, 6.07) is 10.7. The fourth-order valence-electron chi connectivity index (χ4n) is 5.94. The second-order valence-electron chi connectivity index (χ2n) is 11.6. The number of aromatic nitrogens is 5. The molecule has 194 valence electrons. The first kappa shape index (κ1) is 25.1. The van der Waals surface area contributed by atoms with E-state index in [1.165, 1.54) is 0 Å². The molecular formula is C29H37N7O. The molecule has 1 saturated heterocycles. The third-order valence-corrected chi connectivity index (χ3v) is 7.28. The summed E-state index contributed by atoms with van der Waals surface area (Å²) < 4.78 is 7.59. The molecule has 0 atom stereocenters. The lowest BCUT2D eigenvalue weighted by Gasteiger charge is -2.49. The highest BCUT2D eigenvalue weighted by molar-refractivity contribution is 5.98. The van der Waals surface area contributed by atoms with Crippen LogP contribution in [-0.2, 0) is 7.05 Å². The number of fused-ring (bicyclic) bond motifs is 1. The highest BCUT2D eigenvalue weighted by Crippen LogP contribution is 2.38. The van der Waals surface area contributed by atoms with Crippen molar-refractivity contribution in [3.8, 4) is 28.1 Å². The number of aryl methyl sites for hydroxylation is 2. The zero-order valence-electron chi connectivity index (χ0n) is 23.1. The van der Waals surface area contributed by atoms with Gasteiger partial charge in [-0.25, -0.2) is 0 Å². The van der Waals surface area contributed by atoms with Crippen LogP contribution in [0.2, 0.25) is 0 Å². The number of hydrogen-bond acceptors (Lipinski definition) is 7. The van der Waals surface area contributed by atoms with Crippen LogP contribution in [-0.4, -0.2) is 56.2 Å². The van der Waals surface area contributed by atoms with E-state index in [1.54, 1.807) is 7.11 Å². The molecule has 3 aromatic heterocycles. The highest BCUT2D eigenvalue weighted by atomic mass is 16.5. The van der Waals surface area contributed by atoms with Gasteiger partial charge in [-0.05, 0) is 77.3 Å². The van der Waals surface area contributed by atoms with Crippen molar-refractivity contribution >= 4 is 16.7 Å². The first-order valence-electron chi connectivity index (χ1n) is 12.8. The summed E-state index contributed by atoms with van der Waals surface area (Å²) in [5.41, 5.74) is 5.72. The average molecular weight is 500 g/mol. The maximum absolute atomic E-state index is 5.77. The van der Waals surface area contributed by atoms with Crippen LogP contribution in [0.1, 0.15) is 46.2 Å². The fourth-order valence-corrected chi connectivity index (χ4v) is 5.94. The van der Waals surface area contributed by atoms with Gasteiger partial charge in [0.25, 0.3) is 0 Å². The third-order valence-electron chi connectivity index (χ3n) is 7.28. The number of nitrogens with one attached hydrogen (secondary N) is 1. The largest absolute Gasteiger partial charge is 0.496 e. The van der Waals surface area contributed by atoms with Gasteiger partial charge in [-0.2, -0.15) is 5.10 Å². The van der Waals surface area contributed by atoms with Crippen molar-refractivity contribution in [1.29, 1.82) is 0 Å². The fraction of sp³-hybridized carbons (Fsp3) is 0.448. The average Bonchev–Trinajstić information content (AvgIpc) is 3.26. The van der Waals surface area contributed by atoms with Crippen molar-refractivity contribution in [2.75, 3.05) is 19.1 Å². The molecule has 4 heterocycles. The van der Waals surface area contributed by atoms with Gasteiger partial charge in [-0.3, -0.25) is 9.67 Å². The summed E-state index contributed by atoms with van der Waals surface area (Å²) in [4.78, 5) is 7.04. The molecule has 8 heteroatoms. The number of pyridine rings is 1. The molecule has 1 aliphatic rings. The second kappa shape index (κ2) is 9.10. The van der Waals surface area contributed by atoms with Gasteiger partial charge >= 0.3 is 0 Å². The van der Waals surface area contributed by atoms with E-state index in [1.807, 2.05) is 43.2 Å². The quantitative estimate of drug-likeness (QED) is 0.406. The van der Waals surface area contributed by atoms with Crippen molar-refractivity contribution in [3.63, 3.8) is 0 Å². The molecule has 0 amide bonds. The van der Waals surface area contributed by atoms with Gasteiger partial charge in [0, 0.05) is 65.7 Å². The van der Waals surface area contributed by atoms with Crippen LogP contribution in [0.5, 0.6) is 5.75 Å². The Morgan fingerprint density at radius 2 is 1.76 bits per heavy atom. The van der Waals surface area contributed by atoms with Crippen LogP contribution in [0.3, 0.4) is 0 Å². The van der Waals surface area contributed by atoms with Crippen molar-refractivity contribution < 1.29 is 4.74 Å². The van der Waals surface area contributed by atoms with E-state index in [2.05, 4.69) is 78.5 Å². The molecule has 1 fully saturated rings. The number of rotatable bonds is 5. The van der Waals surface area contributed by atoms with E-state index in [9.17, 15) is 0 Å². The molecule has 5 rings (SSSR count). The van der Waals surface area contributed by atoms with Crippen LogP contribution in [0.15, 0.2) is 42.7 Å². The number of piperidine rings is 1. The lowest BCUT2D eigenvalue weighted by Crippen LogP contribution is -2.62. The lowest BCUT2D eigenvalue weighted by molar-refractivity contribution is 0.160. The van der Waals surface area contributed by atoms with Crippen LogP contribution in [0, 0.1) is 6.92 Å². The maximum atomic E-state index is 5.77. The maximum Gasteiger partial charge on any atom is 0.151 e. The predicted octanol–water partition coefficient (Wildman–Crippen LogP) is 5.15. The van der Waals surface area contributed by atoms with Crippen LogP contribution < -0.4 is 15.0 Å². The van der Waals surface area contributed by atoms with Gasteiger partial charge < -0.3 is 15.0 Å². The Hall–Kier alpha value is -3.52. The summed E-state index contributed by atoms with van der Waals surface area (Å²) in [5.74, 6) is 1.59. The summed E-state index contributed by atoms with van der Waals surface area (Å²) in [6.07, 6.45) is 5.98. The van der Waals surface area contributed by atoms with Gasteiger partial charge in [-0.1, -0.05) is 0 Å². The molecule has 8 nitrogen and oxygen atoms in total. The molecular weight excluding hydrogens is 462 g/mol. The zero-order valence-corrected chi connectivity index (χ0v) is 23.1. The summed E-state index contributed by atoms with van der Waals surface area (Å²) >= 11 is 0. The van der Waals surface area contributed by atoms with E-state index in [0.717, 1.165) is 63.4 Å². The van der Waals surface area contributed by atoms with Crippen LogP contribution >= 0.6 is 0 Å². The molecule has 0 spiro atoms. The van der Waals surface area contributed by atoms with Crippen LogP contribution in [0.4, 0.5) is 5.82 Å². The first-order valence-corrected chi connectivity index (χ1v) is 12.8. The van der Waals surface area contributed by atoms with Gasteiger partial charge in [-0.15, -0.1) is 10.2 Å². The van der Waals surface area contributed by atoms with E-state index < -0.39 is 0 Å². The SMILES string of the molecule is COc1cc2nc(C)cc(-c3cnn(C)c3)c2cc1-c1ccc(N(C)C2CC(C)(C)NC(C)(C)C2)nn1. The lowest BCUT2D eigenvalue weighted by atomic mass is 9.79. The van der Waals surface area contributed by atoms with E-state index in [4.69, 9.17) is 9.72 Å². The topological polar surface area (TPSA) is 81.0 Å². The number of benzene rings is 1. The first-order chi connectivity index (χ1) is 17.4. The van der Waals surface area contributed by atoms with Gasteiger partial charge in [0.05, 0.1) is 24.5 Å². The molecule has 1 aromatic carbocycles. The molecule has 0 radical (unpaired) electrons. The Morgan fingerprint density at radius 1 is 1.03 bits per heavy atom. The molecule has 0 bridgehead atoms. The molecule has 0 saturated carbocycles. The van der Waals surface area contributed by atoms with Gasteiger partial charge in [0.1, 0.15) is 5.75 Å². The minimum Gasteiger partial charge on any atom is -0.496 e. The van der Waals surface area contributed by atoms with Gasteiger partial charge in [0.2, 0.25) is 0 Å². The molecule has 37 heavy (non-hydrogen) atoms. The van der Waals surface area contributed by atoms with Crippen molar-refractivity contribution in [2.45, 2.75) is 64.6 Å². The Kier molecular flexibility index (Phi) is 6.18. The van der Waals surface area contributed by atoms with Crippen molar-refractivity contribution in [3.05, 3.63) is 48.4 Å². The number of nitrogens with zero attached hydrogens (tertiary/aromatic N) is 6. The Labute approximate surface area is 219 Å². The van der Waals surface area contributed by atoms with Crippen molar-refractivity contribution in [1.82, 2.24) is 30.3 Å². The summed E-state index contributed by atoms with van der Waals surface area (Å²) in [5, 5.41) is 18.5.